The summed E-state index contributed by atoms with van der Waals surface area (Å²) in [6, 6.07) is 0. The summed E-state index contributed by atoms with van der Waals surface area (Å²) in [7, 11) is 1.24. The molecule has 6 heteroatoms. The van der Waals surface area contributed by atoms with Crippen molar-refractivity contribution in [3.63, 3.8) is 0 Å². The molecule has 13 heavy (non-hydrogen) atoms. The number of ether oxygens (including phenoxy) is 1. The first-order valence-corrected chi connectivity index (χ1v) is 3.77. The van der Waals surface area contributed by atoms with Crippen LogP contribution < -0.4 is 4.74 Å². The third-order valence-corrected chi connectivity index (χ3v) is 1.57. The van der Waals surface area contributed by atoms with Crippen molar-refractivity contribution >= 4 is 11.6 Å². The number of nitrogens with zero attached hydrogens (tertiary/aromatic N) is 2. The van der Waals surface area contributed by atoms with Gasteiger partial charge in [-0.15, -0.1) is 0 Å². The van der Waals surface area contributed by atoms with Crippen molar-refractivity contribution < 1.29 is 13.5 Å². The van der Waals surface area contributed by atoms with Crippen molar-refractivity contribution in [3.8, 4) is 5.88 Å². The normalized spacial score (nSPS) is 11.5. The Morgan fingerprint density at radius 1 is 1.54 bits per heavy atom. The maximum absolute atomic E-state index is 12.8. The van der Waals surface area contributed by atoms with E-state index in [2.05, 4.69) is 14.7 Å². The van der Waals surface area contributed by atoms with E-state index in [0.717, 1.165) is 13.1 Å². The molecule has 0 radical (unpaired) electrons. The van der Waals surface area contributed by atoms with Crippen LogP contribution in [0.4, 0.5) is 8.78 Å². The second-order valence-electron chi connectivity index (χ2n) is 2.45. The molecule has 0 amide bonds. The van der Waals surface area contributed by atoms with E-state index in [1.807, 2.05) is 0 Å². The Bertz CT molecular complexity index is 314. The standard InChI is InChI=1S/C7H7ClF2N2O/c1-7(9,10)4-3-11-6(8)12-5(4)13-2/h3H,1-2H3. The highest BCUT2D eigenvalue weighted by atomic mass is 35.5. The van der Waals surface area contributed by atoms with Crippen LogP contribution in [0.25, 0.3) is 0 Å². The predicted molar refractivity (Wildman–Crippen MR) is 43.2 cm³/mol. The van der Waals surface area contributed by atoms with Crippen LogP contribution in [-0.2, 0) is 5.92 Å². The smallest absolute Gasteiger partial charge is 0.277 e. The van der Waals surface area contributed by atoms with Crippen LogP contribution in [0.1, 0.15) is 12.5 Å². The molecule has 0 N–H and O–H groups in total. The van der Waals surface area contributed by atoms with Gasteiger partial charge in [-0.3, -0.25) is 0 Å². The fraction of sp³-hybridized carbons (Fsp3) is 0.429. The van der Waals surface area contributed by atoms with Crippen LogP contribution in [0, 0.1) is 0 Å². The van der Waals surface area contributed by atoms with E-state index in [4.69, 9.17) is 11.6 Å². The molecular weight excluding hydrogens is 202 g/mol. The largest absolute Gasteiger partial charge is 0.481 e. The number of alkyl halides is 2. The van der Waals surface area contributed by atoms with Crippen LogP contribution in [0.2, 0.25) is 5.28 Å². The molecule has 0 atom stereocenters. The Morgan fingerprint density at radius 2 is 2.15 bits per heavy atom. The molecule has 1 heterocycles. The molecule has 0 bridgehead atoms. The topological polar surface area (TPSA) is 35.0 Å². The third-order valence-electron chi connectivity index (χ3n) is 1.39. The summed E-state index contributed by atoms with van der Waals surface area (Å²) in [4.78, 5) is 6.96. The Morgan fingerprint density at radius 3 is 2.62 bits per heavy atom. The second-order valence-corrected chi connectivity index (χ2v) is 2.79. The van der Waals surface area contributed by atoms with Gasteiger partial charge in [0, 0.05) is 13.1 Å². The zero-order chi connectivity index (χ0) is 10.1. The van der Waals surface area contributed by atoms with Gasteiger partial charge in [0.05, 0.1) is 7.11 Å². The Hall–Kier alpha value is -0.970. The molecule has 0 unspecified atom stereocenters. The molecule has 1 rings (SSSR count). The van der Waals surface area contributed by atoms with Gasteiger partial charge < -0.3 is 4.74 Å². The molecule has 0 saturated heterocycles. The highest BCUT2D eigenvalue weighted by Crippen LogP contribution is 2.32. The van der Waals surface area contributed by atoms with E-state index in [0.29, 0.717) is 0 Å². The van der Waals surface area contributed by atoms with Crippen LogP contribution in [0.15, 0.2) is 6.20 Å². The summed E-state index contributed by atoms with van der Waals surface area (Å²) in [5.41, 5.74) is -0.376. The first kappa shape index (κ1) is 10.1. The van der Waals surface area contributed by atoms with Gasteiger partial charge in [-0.05, 0) is 11.6 Å². The van der Waals surface area contributed by atoms with Gasteiger partial charge in [0.25, 0.3) is 5.92 Å². The lowest BCUT2D eigenvalue weighted by molar-refractivity contribution is 0.0140. The quantitative estimate of drug-likeness (QED) is 0.700. The zero-order valence-electron chi connectivity index (χ0n) is 7.01. The molecule has 0 spiro atoms. The van der Waals surface area contributed by atoms with E-state index < -0.39 is 5.92 Å². The number of aromatic nitrogens is 2. The summed E-state index contributed by atoms with van der Waals surface area (Å²) >= 11 is 5.40. The van der Waals surface area contributed by atoms with Crippen molar-refractivity contribution in [2.45, 2.75) is 12.8 Å². The predicted octanol–water partition coefficient (Wildman–Crippen LogP) is 2.25. The number of hydrogen-bond acceptors (Lipinski definition) is 3. The molecule has 0 aromatic carbocycles. The summed E-state index contributed by atoms with van der Waals surface area (Å²) in [5.74, 6) is -3.23. The van der Waals surface area contributed by atoms with Gasteiger partial charge in [0.1, 0.15) is 5.56 Å². The highest BCUT2D eigenvalue weighted by molar-refractivity contribution is 6.28. The first-order chi connectivity index (χ1) is 5.95. The number of methoxy groups -OCH3 is 1. The van der Waals surface area contributed by atoms with Crippen molar-refractivity contribution in [3.05, 3.63) is 17.0 Å². The SMILES string of the molecule is COc1nc(Cl)ncc1C(C)(F)F. The minimum Gasteiger partial charge on any atom is -0.481 e. The molecule has 72 valence electrons. The van der Waals surface area contributed by atoms with Crippen LogP contribution in [0.3, 0.4) is 0 Å². The van der Waals surface area contributed by atoms with Gasteiger partial charge in [-0.2, -0.15) is 4.98 Å². The Kier molecular flexibility index (Phi) is 2.66. The van der Waals surface area contributed by atoms with E-state index in [1.165, 1.54) is 7.11 Å². The van der Waals surface area contributed by atoms with Crippen molar-refractivity contribution in [2.24, 2.45) is 0 Å². The number of hydrogen-bond donors (Lipinski definition) is 0. The van der Waals surface area contributed by atoms with Gasteiger partial charge in [-0.25, -0.2) is 13.8 Å². The minimum atomic E-state index is -3.03. The van der Waals surface area contributed by atoms with E-state index >= 15 is 0 Å². The average molecular weight is 209 g/mol. The Balaban J connectivity index is 3.22. The van der Waals surface area contributed by atoms with Gasteiger partial charge in [-0.1, -0.05) is 0 Å². The second kappa shape index (κ2) is 3.41. The summed E-state index contributed by atoms with van der Waals surface area (Å²) < 4.78 is 30.3. The maximum atomic E-state index is 12.8. The van der Waals surface area contributed by atoms with E-state index in [-0.39, 0.29) is 16.7 Å². The molecule has 0 saturated carbocycles. The monoisotopic (exact) mass is 208 g/mol. The van der Waals surface area contributed by atoms with E-state index in [9.17, 15) is 8.78 Å². The minimum absolute atomic E-state index is 0.121. The summed E-state index contributed by atoms with van der Waals surface area (Å²) in [5, 5.41) is -0.121. The average Bonchev–Trinajstić information content (AvgIpc) is 2.01. The van der Waals surface area contributed by atoms with Crippen molar-refractivity contribution in [2.75, 3.05) is 7.11 Å². The lowest BCUT2D eigenvalue weighted by atomic mass is 10.2. The van der Waals surface area contributed by atoms with Gasteiger partial charge in [0.15, 0.2) is 0 Å². The maximum Gasteiger partial charge on any atom is 0.277 e. The van der Waals surface area contributed by atoms with E-state index in [1.54, 1.807) is 0 Å². The molecule has 0 aliphatic rings. The van der Waals surface area contributed by atoms with Gasteiger partial charge in [0.2, 0.25) is 11.2 Å². The summed E-state index contributed by atoms with van der Waals surface area (Å²) in [6.07, 6.45) is 0.953. The Labute approximate surface area is 78.7 Å². The van der Waals surface area contributed by atoms with Crippen molar-refractivity contribution in [1.82, 2.24) is 9.97 Å². The number of halogens is 3. The molecule has 1 aromatic rings. The van der Waals surface area contributed by atoms with Crippen LogP contribution >= 0.6 is 11.6 Å². The molecular formula is C7H7ClF2N2O. The fourth-order valence-corrected chi connectivity index (χ4v) is 0.928. The lowest BCUT2D eigenvalue weighted by Crippen LogP contribution is -2.11. The first-order valence-electron chi connectivity index (χ1n) is 3.40. The zero-order valence-corrected chi connectivity index (χ0v) is 7.77. The molecule has 0 fully saturated rings. The fourth-order valence-electron chi connectivity index (χ4n) is 0.803. The molecule has 0 aliphatic heterocycles. The van der Waals surface area contributed by atoms with Crippen LogP contribution in [0.5, 0.6) is 5.88 Å². The third kappa shape index (κ3) is 2.24. The molecule has 3 nitrogen and oxygen atoms in total. The molecule has 1 aromatic heterocycles. The highest BCUT2D eigenvalue weighted by Gasteiger charge is 2.30. The summed E-state index contributed by atoms with van der Waals surface area (Å²) in [6.45, 7) is 0.738. The van der Waals surface area contributed by atoms with Crippen molar-refractivity contribution in [1.29, 1.82) is 0 Å². The molecule has 0 aliphatic carbocycles. The van der Waals surface area contributed by atoms with Crippen LogP contribution in [-0.4, -0.2) is 17.1 Å². The van der Waals surface area contributed by atoms with Gasteiger partial charge >= 0.3 is 0 Å². The number of rotatable bonds is 2. The lowest BCUT2D eigenvalue weighted by Gasteiger charge is -2.12.